The summed E-state index contributed by atoms with van der Waals surface area (Å²) in [6.45, 7) is 0. The lowest BCUT2D eigenvalue weighted by atomic mass is 10.2. The molecule has 0 atom stereocenters. The minimum atomic E-state index is -0.243. The van der Waals surface area contributed by atoms with Crippen molar-refractivity contribution in [1.82, 2.24) is 4.98 Å². The number of nitrogens with zero attached hydrogens (tertiary/aromatic N) is 1. The summed E-state index contributed by atoms with van der Waals surface area (Å²) in [5.41, 5.74) is 2.70. The molecule has 0 amide bonds. The van der Waals surface area contributed by atoms with E-state index in [1.54, 1.807) is 18.3 Å². The minimum Gasteiger partial charge on any atom is -0.355 e. The number of fused-ring (bicyclic) bond motifs is 1. The van der Waals surface area contributed by atoms with Crippen molar-refractivity contribution in [2.24, 2.45) is 0 Å². The average Bonchev–Trinajstić information content (AvgIpc) is 2.42. The van der Waals surface area contributed by atoms with Crippen molar-refractivity contribution < 1.29 is 4.39 Å². The van der Waals surface area contributed by atoms with Crippen molar-refractivity contribution in [1.29, 1.82) is 0 Å². The van der Waals surface area contributed by atoms with Gasteiger partial charge >= 0.3 is 0 Å². The molecule has 0 spiro atoms. The summed E-state index contributed by atoms with van der Waals surface area (Å²) < 4.78 is 13.9. The van der Waals surface area contributed by atoms with E-state index in [4.69, 9.17) is 0 Å². The lowest BCUT2D eigenvalue weighted by Gasteiger charge is -2.09. The van der Waals surface area contributed by atoms with Gasteiger partial charge in [0.2, 0.25) is 0 Å². The summed E-state index contributed by atoms with van der Waals surface area (Å²) in [6.07, 6.45) is 1.75. The van der Waals surface area contributed by atoms with E-state index in [0.717, 1.165) is 26.8 Å². The molecule has 0 aliphatic carbocycles. The molecular weight excluding hydrogens is 307 g/mol. The van der Waals surface area contributed by atoms with Crippen LogP contribution in [0.4, 0.5) is 15.8 Å². The van der Waals surface area contributed by atoms with Gasteiger partial charge in [-0.15, -0.1) is 0 Å². The zero-order valence-corrected chi connectivity index (χ0v) is 11.5. The number of rotatable bonds is 2. The predicted molar refractivity (Wildman–Crippen MR) is 79.1 cm³/mol. The van der Waals surface area contributed by atoms with Gasteiger partial charge in [-0.25, -0.2) is 4.39 Å². The van der Waals surface area contributed by atoms with E-state index in [1.807, 2.05) is 24.3 Å². The van der Waals surface area contributed by atoms with Crippen molar-refractivity contribution in [2.45, 2.75) is 0 Å². The number of hydrogen-bond acceptors (Lipinski definition) is 2. The number of pyridine rings is 1. The third-order valence-electron chi connectivity index (χ3n) is 2.83. The van der Waals surface area contributed by atoms with Crippen LogP contribution in [0.1, 0.15) is 0 Å². The van der Waals surface area contributed by atoms with Crippen LogP contribution in [0.2, 0.25) is 0 Å². The lowest BCUT2D eigenvalue weighted by molar-refractivity contribution is 0.628. The summed E-state index contributed by atoms with van der Waals surface area (Å²) in [5, 5.41) is 4.29. The fourth-order valence-electron chi connectivity index (χ4n) is 1.92. The number of nitrogens with one attached hydrogen (secondary N) is 1. The average molecular weight is 317 g/mol. The van der Waals surface area contributed by atoms with Crippen molar-refractivity contribution in [3.63, 3.8) is 0 Å². The quantitative estimate of drug-likeness (QED) is 0.728. The Morgan fingerprint density at radius 3 is 2.58 bits per heavy atom. The van der Waals surface area contributed by atoms with Crippen LogP contribution < -0.4 is 5.32 Å². The highest BCUT2D eigenvalue weighted by atomic mass is 79.9. The first-order valence-corrected chi connectivity index (χ1v) is 6.58. The molecule has 0 saturated heterocycles. The third-order valence-corrected chi connectivity index (χ3v) is 3.32. The van der Waals surface area contributed by atoms with E-state index < -0.39 is 0 Å². The summed E-state index contributed by atoms with van der Waals surface area (Å²) >= 11 is 3.46. The highest BCUT2D eigenvalue weighted by molar-refractivity contribution is 9.10. The first kappa shape index (κ1) is 12.1. The molecule has 3 aromatic rings. The van der Waals surface area contributed by atoms with E-state index in [0.29, 0.717) is 0 Å². The zero-order chi connectivity index (χ0) is 13.2. The number of hydrogen-bond donors (Lipinski definition) is 1. The Morgan fingerprint density at radius 1 is 1.00 bits per heavy atom. The van der Waals surface area contributed by atoms with Crippen LogP contribution in [0, 0.1) is 5.82 Å². The van der Waals surface area contributed by atoms with Crippen molar-refractivity contribution in [2.75, 3.05) is 5.32 Å². The van der Waals surface area contributed by atoms with Crippen LogP contribution in [0.25, 0.3) is 10.9 Å². The predicted octanol–water partition coefficient (Wildman–Crippen LogP) is 4.88. The zero-order valence-electron chi connectivity index (χ0n) is 9.90. The molecule has 2 nitrogen and oxygen atoms in total. The fraction of sp³-hybridized carbons (Fsp3) is 0. The van der Waals surface area contributed by atoms with Crippen molar-refractivity contribution in [3.05, 3.63) is 65.0 Å². The third kappa shape index (κ3) is 2.58. The van der Waals surface area contributed by atoms with Gasteiger partial charge in [-0.2, -0.15) is 0 Å². The standard InChI is InChI=1S/C15H10BrFN2/c16-10-1-6-14-13(9-10)15(7-8-18-14)19-12-4-2-11(17)3-5-12/h1-9H,(H,18,19). The fourth-order valence-corrected chi connectivity index (χ4v) is 2.28. The van der Waals surface area contributed by atoms with Crippen LogP contribution >= 0.6 is 15.9 Å². The molecule has 3 rings (SSSR count). The van der Waals surface area contributed by atoms with Gasteiger partial charge in [-0.05, 0) is 48.5 Å². The Hall–Kier alpha value is -1.94. The van der Waals surface area contributed by atoms with Crippen molar-refractivity contribution in [3.8, 4) is 0 Å². The minimum absolute atomic E-state index is 0.243. The second kappa shape index (κ2) is 4.97. The molecular formula is C15H10BrFN2. The molecule has 1 heterocycles. The molecule has 19 heavy (non-hydrogen) atoms. The van der Waals surface area contributed by atoms with Gasteiger partial charge in [0, 0.05) is 27.4 Å². The molecule has 4 heteroatoms. The molecule has 94 valence electrons. The van der Waals surface area contributed by atoms with Crippen LogP contribution in [-0.2, 0) is 0 Å². The highest BCUT2D eigenvalue weighted by Crippen LogP contribution is 2.27. The number of halogens is 2. The lowest BCUT2D eigenvalue weighted by Crippen LogP contribution is -1.92. The number of benzene rings is 2. The van der Waals surface area contributed by atoms with E-state index in [2.05, 4.69) is 26.2 Å². The van der Waals surface area contributed by atoms with Crippen LogP contribution in [-0.4, -0.2) is 4.98 Å². The van der Waals surface area contributed by atoms with Gasteiger partial charge in [0.1, 0.15) is 5.82 Å². The molecule has 0 fully saturated rings. The Labute approximate surface area is 118 Å². The maximum atomic E-state index is 12.9. The summed E-state index contributed by atoms with van der Waals surface area (Å²) in [6, 6.07) is 14.1. The van der Waals surface area contributed by atoms with Crippen LogP contribution in [0.15, 0.2) is 59.2 Å². The molecule has 2 aromatic carbocycles. The molecule has 0 bridgehead atoms. The Kier molecular flexibility index (Phi) is 3.17. The van der Waals surface area contributed by atoms with Crippen molar-refractivity contribution >= 4 is 38.2 Å². The van der Waals surface area contributed by atoms with Gasteiger partial charge in [0.05, 0.1) is 5.52 Å². The van der Waals surface area contributed by atoms with E-state index in [1.165, 1.54) is 12.1 Å². The van der Waals surface area contributed by atoms with Crippen LogP contribution in [0.3, 0.4) is 0 Å². The molecule has 0 aliphatic heterocycles. The van der Waals surface area contributed by atoms with E-state index in [-0.39, 0.29) is 5.82 Å². The van der Waals surface area contributed by atoms with Gasteiger partial charge in [-0.1, -0.05) is 15.9 Å². The molecule has 1 N–H and O–H groups in total. The Balaban J connectivity index is 2.05. The molecule has 1 aromatic heterocycles. The topological polar surface area (TPSA) is 24.9 Å². The largest absolute Gasteiger partial charge is 0.355 e. The number of anilines is 2. The normalized spacial score (nSPS) is 10.6. The molecule has 0 radical (unpaired) electrons. The number of aromatic nitrogens is 1. The highest BCUT2D eigenvalue weighted by Gasteiger charge is 2.03. The first-order valence-electron chi connectivity index (χ1n) is 5.79. The smallest absolute Gasteiger partial charge is 0.123 e. The monoisotopic (exact) mass is 316 g/mol. The van der Waals surface area contributed by atoms with E-state index in [9.17, 15) is 4.39 Å². The summed E-state index contributed by atoms with van der Waals surface area (Å²) in [5.74, 6) is -0.243. The summed E-state index contributed by atoms with van der Waals surface area (Å²) in [4.78, 5) is 4.32. The maximum absolute atomic E-state index is 12.9. The second-order valence-electron chi connectivity index (χ2n) is 4.15. The first-order chi connectivity index (χ1) is 9.22. The molecule has 0 unspecified atom stereocenters. The van der Waals surface area contributed by atoms with Gasteiger partial charge < -0.3 is 5.32 Å². The molecule has 0 aliphatic rings. The van der Waals surface area contributed by atoms with Gasteiger partial charge in [0.15, 0.2) is 0 Å². The van der Waals surface area contributed by atoms with E-state index >= 15 is 0 Å². The Morgan fingerprint density at radius 2 is 1.79 bits per heavy atom. The second-order valence-corrected chi connectivity index (χ2v) is 5.07. The SMILES string of the molecule is Fc1ccc(Nc2ccnc3ccc(Br)cc23)cc1. The summed E-state index contributed by atoms with van der Waals surface area (Å²) in [7, 11) is 0. The van der Waals surface area contributed by atoms with Gasteiger partial charge in [-0.3, -0.25) is 4.98 Å². The molecule has 0 saturated carbocycles. The van der Waals surface area contributed by atoms with Gasteiger partial charge in [0.25, 0.3) is 0 Å². The maximum Gasteiger partial charge on any atom is 0.123 e. The van der Waals surface area contributed by atoms with Crippen LogP contribution in [0.5, 0.6) is 0 Å². The Bertz CT molecular complexity index is 726.